The molecule has 0 radical (unpaired) electrons. The van der Waals surface area contributed by atoms with Gasteiger partial charge in [-0.1, -0.05) is 0 Å². The highest BCUT2D eigenvalue weighted by atomic mass is 16.6. The van der Waals surface area contributed by atoms with Crippen molar-refractivity contribution in [2.45, 2.75) is 13.5 Å². The molecule has 0 aromatic heterocycles. The lowest BCUT2D eigenvalue weighted by molar-refractivity contribution is -0.385. The van der Waals surface area contributed by atoms with Crippen LogP contribution in [-0.2, 0) is 6.54 Å². The van der Waals surface area contributed by atoms with Crippen molar-refractivity contribution in [1.82, 2.24) is 0 Å². The number of nitriles is 1. The summed E-state index contributed by atoms with van der Waals surface area (Å²) in [6, 6.07) is 4.91. The third-order valence-electron chi connectivity index (χ3n) is 1.89. The van der Waals surface area contributed by atoms with Crippen LogP contribution in [0.5, 0.6) is 0 Å². The Morgan fingerprint density at radius 1 is 1.64 bits per heavy atom. The van der Waals surface area contributed by atoms with Crippen LogP contribution in [-0.4, -0.2) is 4.92 Å². The lowest BCUT2D eigenvalue weighted by atomic mass is 10.0. The largest absolute Gasteiger partial charge is 0.326 e. The first-order valence-corrected chi connectivity index (χ1v) is 3.98. The Bertz CT molecular complexity index is 421. The van der Waals surface area contributed by atoms with E-state index in [2.05, 4.69) is 0 Å². The minimum atomic E-state index is -0.518. The smallest absolute Gasteiger partial charge is 0.275 e. The maximum Gasteiger partial charge on any atom is 0.275 e. The molecule has 0 fully saturated rings. The number of rotatable bonds is 2. The van der Waals surface area contributed by atoms with E-state index in [0.29, 0.717) is 11.1 Å². The molecule has 0 amide bonds. The molecule has 0 atom stereocenters. The monoisotopic (exact) mass is 191 g/mol. The van der Waals surface area contributed by atoms with Crippen LogP contribution in [0.2, 0.25) is 0 Å². The van der Waals surface area contributed by atoms with Gasteiger partial charge >= 0.3 is 0 Å². The summed E-state index contributed by atoms with van der Waals surface area (Å²) in [5, 5.41) is 19.4. The summed E-state index contributed by atoms with van der Waals surface area (Å²) >= 11 is 0. The predicted octanol–water partition coefficient (Wildman–Crippen LogP) is 1.23. The summed E-state index contributed by atoms with van der Waals surface area (Å²) in [5.74, 6) is 0. The van der Waals surface area contributed by atoms with Gasteiger partial charge in [0.1, 0.15) is 0 Å². The topological polar surface area (TPSA) is 93.0 Å². The highest BCUT2D eigenvalue weighted by molar-refractivity contribution is 5.53. The maximum atomic E-state index is 10.6. The Morgan fingerprint density at radius 2 is 2.29 bits per heavy atom. The summed E-state index contributed by atoms with van der Waals surface area (Å²) in [5.41, 5.74) is 6.54. The number of nitrogens with zero attached hydrogens (tertiary/aromatic N) is 2. The van der Waals surface area contributed by atoms with E-state index in [1.807, 2.05) is 6.07 Å². The first-order chi connectivity index (χ1) is 6.60. The molecule has 0 unspecified atom stereocenters. The molecule has 0 heterocycles. The molecular formula is C9H9N3O2. The summed E-state index contributed by atoms with van der Waals surface area (Å²) in [6.07, 6.45) is 0. The van der Waals surface area contributed by atoms with Crippen molar-refractivity contribution in [3.05, 3.63) is 38.9 Å². The van der Waals surface area contributed by atoms with E-state index in [9.17, 15) is 10.1 Å². The molecule has 0 saturated carbocycles. The third kappa shape index (κ3) is 1.70. The number of nitro groups is 1. The van der Waals surface area contributed by atoms with Crippen LogP contribution < -0.4 is 5.73 Å². The molecule has 72 valence electrons. The second-order valence-electron chi connectivity index (χ2n) is 2.88. The van der Waals surface area contributed by atoms with Crippen LogP contribution >= 0.6 is 0 Å². The average molecular weight is 191 g/mol. The molecule has 0 saturated heterocycles. The zero-order valence-electron chi connectivity index (χ0n) is 7.65. The Balaban J connectivity index is 3.49. The lowest BCUT2D eigenvalue weighted by Crippen LogP contribution is -2.05. The third-order valence-corrected chi connectivity index (χ3v) is 1.89. The van der Waals surface area contributed by atoms with E-state index in [1.165, 1.54) is 6.07 Å². The molecule has 0 spiro atoms. The molecule has 14 heavy (non-hydrogen) atoms. The second kappa shape index (κ2) is 3.85. The Hall–Kier alpha value is -1.93. The summed E-state index contributed by atoms with van der Waals surface area (Å²) in [6.45, 7) is 1.70. The number of nitro benzene ring substituents is 1. The van der Waals surface area contributed by atoms with E-state index >= 15 is 0 Å². The molecular weight excluding hydrogens is 182 g/mol. The van der Waals surface area contributed by atoms with Crippen LogP contribution in [0, 0.1) is 28.4 Å². The van der Waals surface area contributed by atoms with Gasteiger partial charge in [0, 0.05) is 12.6 Å². The summed E-state index contributed by atoms with van der Waals surface area (Å²) < 4.78 is 0. The Kier molecular flexibility index (Phi) is 2.79. The fourth-order valence-electron chi connectivity index (χ4n) is 1.27. The van der Waals surface area contributed by atoms with Gasteiger partial charge in [-0.05, 0) is 18.6 Å². The van der Waals surface area contributed by atoms with Crippen LogP contribution in [0.4, 0.5) is 5.69 Å². The Labute approximate surface area is 80.9 Å². The highest BCUT2D eigenvalue weighted by Gasteiger charge is 2.16. The van der Waals surface area contributed by atoms with Crippen molar-refractivity contribution in [3.63, 3.8) is 0 Å². The van der Waals surface area contributed by atoms with Crippen molar-refractivity contribution in [3.8, 4) is 6.07 Å². The molecule has 0 aliphatic heterocycles. The van der Waals surface area contributed by atoms with Gasteiger partial charge in [0.05, 0.1) is 22.1 Å². The summed E-state index contributed by atoms with van der Waals surface area (Å²) in [7, 11) is 0. The van der Waals surface area contributed by atoms with E-state index in [-0.39, 0.29) is 17.8 Å². The van der Waals surface area contributed by atoms with Crippen LogP contribution in [0.25, 0.3) is 0 Å². The fraction of sp³-hybridized carbons (Fsp3) is 0.222. The van der Waals surface area contributed by atoms with Crippen molar-refractivity contribution in [2.24, 2.45) is 5.73 Å². The number of benzene rings is 1. The lowest BCUT2D eigenvalue weighted by Gasteiger charge is -2.03. The quantitative estimate of drug-likeness (QED) is 0.562. The van der Waals surface area contributed by atoms with Gasteiger partial charge in [0.25, 0.3) is 5.69 Å². The molecule has 5 nitrogen and oxygen atoms in total. The van der Waals surface area contributed by atoms with Gasteiger partial charge < -0.3 is 5.73 Å². The molecule has 1 aromatic rings. The predicted molar refractivity (Wildman–Crippen MR) is 50.4 cm³/mol. The van der Waals surface area contributed by atoms with Crippen LogP contribution in [0.1, 0.15) is 16.7 Å². The van der Waals surface area contributed by atoms with Gasteiger partial charge in [0.15, 0.2) is 0 Å². The Morgan fingerprint density at radius 3 is 2.71 bits per heavy atom. The van der Waals surface area contributed by atoms with Crippen molar-refractivity contribution in [2.75, 3.05) is 0 Å². The van der Waals surface area contributed by atoms with Gasteiger partial charge in [0.2, 0.25) is 0 Å². The van der Waals surface area contributed by atoms with Crippen molar-refractivity contribution >= 4 is 5.69 Å². The standard InChI is InChI=1S/C9H9N3O2/c1-6-2-7(4-10)8(5-11)9(3-6)12(13)14/h2-3H,5,11H2,1H3. The molecule has 1 aromatic carbocycles. The highest BCUT2D eigenvalue weighted by Crippen LogP contribution is 2.23. The molecule has 0 aliphatic rings. The van der Waals surface area contributed by atoms with Crippen LogP contribution in [0.15, 0.2) is 12.1 Å². The maximum absolute atomic E-state index is 10.6. The number of nitrogens with two attached hydrogens (primary N) is 1. The van der Waals surface area contributed by atoms with Gasteiger partial charge in [-0.3, -0.25) is 10.1 Å². The SMILES string of the molecule is Cc1cc(C#N)c(CN)c([N+](=O)[O-])c1. The zero-order valence-corrected chi connectivity index (χ0v) is 7.65. The summed E-state index contributed by atoms with van der Waals surface area (Å²) in [4.78, 5) is 10.1. The second-order valence-corrected chi connectivity index (χ2v) is 2.88. The minimum absolute atomic E-state index is 0.000509. The fourth-order valence-corrected chi connectivity index (χ4v) is 1.27. The normalized spacial score (nSPS) is 9.50. The van der Waals surface area contributed by atoms with Crippen molar-refractivity contribution in [1.29, 1.82) is 5.26 Å². The molecule has 0 bridgehead atoms. The van der Waals surface area contributed by atoms with Gasteiger partial charge in [-0.15, -0.1) is 0 Å². The zero-order chi connectivity index (χ0) is 10.7. The molecule has 5 heteroatoms. The molecule has 2 N–H and O–H groups in total. The number of hydrogen-bond donors (Lipinski definition) is 1. The number of hydrogen-bond acceptors (Lipinski definition) is 4. The van der Waals surface area contributed by atoms with E-state index in [4.69, 9.17) is 11.0 Å². The van der Waals surface area contributed by atoms with Crippen LogP contribution in [0.3, 0.4) is 0 Å². The van der Waals surface area contributed by atoms with E-state index in [0.717, 1.165) is 0 Å². The first kappa shape index (κ1) is 10.2. The van der Waals surface area contributed by atoms with E-state index < -0.39 is 4.92 Å². The molecule has 0 aliphatic carbocycles. The van der Waals surface area contributed by atoms with Gasteiger partial charge in [-0.25, -0.2) is 0 Å². The molecule has 1 rings (SSSR count). The van der Waals surface area contributed by atoms with E-state index in [1.54, 1.807) is 13.0 Å². The number of aryl methyl sites for hydroxylation is 1. The minimum Gasteiger partial charge on any atom is -0.326 e. The first-order valence-electron chi connectivity index (χ1n) is 3.98. The van der Waals surface area contributed by atoms with Gasteiger partial charge in [-0.2, -0.15) is 5.26 Å². The van der Waals surface area contributed by atoms with Crippen molar-refractivity contribution < 1.29 is 4.92 Å². The average Bonchev–Trinajstić information content (AvgIpc) is 2.16.